The molecule has 1 amide bonds. The molecule has 1 aromatic carbocycles. The van der Waals surface area contributed by atoms with E-state index in [2.05, 4.69) is 37.9 Å². The molecule has 0 bridgehead atoms. The number of benzene rings is 1. The normalized spacial score (nSPS) is 22.7. The number of aryl methyl sites for hydroxylation is 1. The number of piperidine rings is 1. The van der Waals surface area contributed by atoms with Crippen LogP contribution in [-0.4, -0.2) is 52.7 Å². The average molecular weight is 515 g/mol. The van der Waals surface area contributed by atoms with Crippen molar-refractivity contribution >= 4 is 41.0 Å². The Labute approximate surface area is 214 Å². The molecule has 2 aliphatic carbocycles. The van der Waals surface area contributed by atoms with Crippen molar-refractivity contribution < 1.29 is 13.6 Å². The number of aromatic nitrogens is 2. The van der Waals surface area contributed by atoms with Crippen LogP contribution >= 0.6 is 11.9 Å². The van der Waals surface area contributed by atoms with Gasteiger partial charge in [0.1, 0.15) is 5.82 Å². The summed E-state index contributed by atoms with van der Waals surface area (Å²) in [5.74, 6) is -2.45. The highest BCUT2D eigenvalue weighted by atomic mass is 32.2. The summed E-state index contributed by atoms with van der Waals surface area (Å²) >= 11 is 1.75. The summed E-state index contributed by atoms with van der Waals surface area (Å²) in [4.78, 5) is 25.9. The van der Waals surface area contributed by atoms with Crippen molar-refractivity contribution in [3.8, 4) is 0 Å². The predicted molar refractivity (Wildman–Crippen MR) is 140 cm³/mol. The van der Waals surface area contributed by atoms with Crippen LogP contribution in [0.4, 0.5) is 31.9 Å². The van der Waals surface area contributed by atoms with E-state index in [1.54, 1.807) is 24.9 Å². The van der Waals surface area contributed by atoms with Gasteiger partial charge >= 0.3 is 0 Å². The maximum absolute atomic E-state index is 13.5. The molecule has 6 rings (SSSR count). The summed E-state index contributed by atoms with van der Waals surface area (Å²) in [6.45, 7) is 5.09. The molecule has 36 heavy (non-hydrogen) atoms. The minimum absolute atomic E-state index is 0.215. The Balaban J connectivity index is 1.23. The lowest BCUT2D eigenvalue weighted by Crippen LogP contribution is -2.57. The first kappa shape index (κ1) is 23.8. The molecular formula is C26H32F2N6OS. The maximum atomic E-state index is 13.5. The third-order valence-corrected chi connectivity index (χ3v) is 9.18. The second-order valence-corrected chi connectivity index (χ2v) is 12.6. The quantitative estimate of drug-likeness (QED) is 0.474. The van der Waals surface area contributed by atoms with Crippen LogP contribution in [0.15, 0.2) is 24.3 Å². The minimum Gasteiger partial charge on any atom is -0.371 e. The molecule has 2 saturated heterocycles. The predicted octanol–water partition coefficient (Wildman–Crippen LogP) is 5.49. The molecule has 7 nitrogen and oxygen atoms in total. The molecule has 1 aromatic heterocycles. The monoisotopic (exact) mass is 514 g/mol. The summed E-state index contributed by atoms with van der Waals surface area (Å²) in [5.41, 5.74) is 3.64. The summed E-state index contributed by atoms with van der Waals surface area (Å²) in [5, 5.41) is 2.90. The standard InChI is InChI=1S/C26H32F2N6OS/c1-17-13-21(31-23(29-17)34-15-26(27,28)16-34)30-22(35)19-4-3-18(32-36-24(2)5-6-24)14-20(19)33-11-9-25(7-8-25)10-12-33/h3-4,13-14,32H,5-12,15-16H2,1-2H3,(H,29,30,31,35). The lowest BCUT2D eigenvalue weighted by Gasteiger charge is -2.38. The Hall–Kier alpha value is -2.62. The van der Waals surface area contributed by atoms with Gasteiger partial charge in [0.05, 0.1) is 24.3 Å². The van der Waals surface area contributed by atoms with Crippen LogP contribution in [-0.2, 0) is 0 Å². The smallest absolute Gasteiger partial charge is 0.282 e. The molecular weight excluding hydrogens is 482 g/mol. The maximum Gasteiger partial charge on any atom is 0.282 e. The Kier molecular flexibility index (Phi) is 5.59. The molecule has 4 aliphatic rings. The molecule has 2 saturated carbocycles. The average Bonchev–Trinajstić information content (AvgIpc) is 3.75. The second-order valence-electron chi connectivity index (χ2n) is 11.2. The van der Waals surface area contributed by atoms with E-state index >= 15 is 0 Å². The first-order chi connectivity index (χ1) is 17.1. The number of alkyl halides is 2. The number of hydrogen-bond donors (Lipinski definition) is 2. The molecule has 2 aliphatic heterocycles. The Morgan fingerprint density at radius 2 is 1.72 bits per heavy atom. The number of carbonyl (C=O) groups is 1. The Morgan fingerprint density at radius 3 is 2.36 bits per heavy atom. The highest BCUT2D eigenvalue weighted by Gasteiger charge is 2.46. The number of carbonyl (C=O) groups excluding carboxylic acids is 1. The van der Waals surface area contributed by atoms with Crippen molar-refractivity contribution in [2.45, 2.75) is 63.0 Å². The van der Waals surface area contributed by atoms with Crippen molar-refractivity contribution in [3.63, 3.8) is 0 Å². The molecule has 2 aromatic rings. The first-order valence-electron chi connectivity index (χ1n) is 12.7. The molecule has 192 valence electrons. The van der Waals surface area contributed by atoms with Gasteiger partial charge in [-0.05, 0) is 87.9 Å². The van der Waals surface area contributed by atoms with Gasteiger partial charge in [0.2, 0.25) is 5.95 Å². The molecule has 2 N–H and O–H groups in total. The SMILES string of the molecule is Cc1cc(NC(=O)c2ccc(NSC3(C)CC3)cc2N2CCC3(CC2)CC3)nc(N2CC(F)(F)C2)n1. The van der Waals surface area contributed by atoms with Crippen LogP contribution in [0.3, 0.4) is 0 Å². The van der Waals surface area contributed by atoms with Crippen molar-refractivity contribution in [1.29, 1.82) is 0 Å². The molecule has 10 heteroatoms. The third kappa shape index (κ3) is 4.96. The van der Waals surface area contributed by atoms with E-state index < -0.39 is 19.0 Å². The molecule has 3 heterocycles. The van der Waals surface area contributed by atoms with E-state index in [9.17, 15) is 13.6 Å². The molecule has 0 atom stereocenters. The minimum atomic E-state index is -2.72. The fourth-order valence-corrected chi connectivity index (χ4v) is 5.80. The van der Waals surface area contributed by atoms with Crippen LogP contribution in [0.2, 0.25) is 0 Å². The van der Waals surface area contributed by atoms with Gasteiger partial charge in [-0.15, -0.1) is 0 Å². The largest absolute Gasteiger partial charge is 0.371 e. The van der Waals surface area contributed by atoms with E-state index in [1.165, 1.54) is 30.6 Å². The summed E-state index contributed by atoms with van der Waals surface area (Å²) in [6, 6.07) is 7.56. The second kappa shape index (κ2) is 8.46. The van der Waals surface area contributed by atoms with E-state index in [0.29, 0.717) is 27.2 Å². The van der Waals surface area contributed by atoms with Gasteiger partial charge in [0.15, 0.2) is 0 Å². The van der Waals surface area contributed by atoms with Gasteiger partial charge in [-0.3, -0.25) is 4.79 Å². The number of anilines is 4. The highest BCUT2D eigenvalue weighted by molar-refractivity contribution is 8.02. The summed E-state index contributed by atoms with van der Waals surface area (Å²) in [7, 11) is 0. The van der Waals surface area contributed by atoms with E-state index in [4.69, 9.17) is 0 Å². The van der Waals surface area contributed by atoms with Gasteiger partial charge in [-0.1, -0.05) is 0 Å². The van der Waals surface area contributed by atoms with Gasteiger partial charge < -0.3 is 19.8 Å². The number of hydrogen-bond acceptors (Lipinski definition) is 7. The Morgan fingerprint density at radius 1 is 1.00 bits per heavy atom. The topological polar surface area (TPSA) is 73.4 Å². The van der Waals surface area contributed by atoms with Crippen molar-refractivity contribution in [3.05, 3.63) is 35.5 Å². The van der Waals surface area contributed by atoms with Crippen molar-refractivity contribution in [1.82, 2.24) is 9.97 Å². The summed E-state index contributed by atoms with van der Waals surface area (Å²) in [6.07, 6.45) is 7.39. The molecule has 4 fully saturated rings. The lowest BCUT2D eigenvalue weighted by molar-refractivity contribution is -0.0271. The Bertz CT molecular complexity index is 1180. The van der Waals surface area contributed by atoms with Crippen LogP contribution in [0.1, 0.15) is 61.5 Å². The number of halogens is 2. The fourth-order valence-electron chi connectivity index (χ4n) is 5.00. The first-order valence-corrected chi connectivity index (χ1v) is 13.6. The fraction of sp³-hybridized carbons (Fsp3) is 0.577. The lowest BCUT2D eigenvalue weighted by atomic mass is 9.93. The third-order valence-electron chi connectivity index (χ3n) is 7.94. The van der Waals surface area contributed by atoms with Crippen LogP contribution < -0.4 is 19.8 Å². The highest BCUT2D eigenvalue weighted by Crippen LogP contribution is 2.54. The number of nitrogens with zero attached hydrogens (tertiary/aromatic N) is 4. The van der Waals surface area contributed by atoms with Gasteiger partial charge in [0, 0.05) is 35.3 Å². The van der Waals surface area contributed by atoms with Gasteiger partial charge in [-0.25, -0.2) is 13.8 Å². The van der Waals surface area contributed by atoms with Crippen molar-refractivity contribution in [2.24, 2.45) is 5.41 Å². The number of amides is 1. The number of rotatable bonds is 7. The van der Waals surface area contributed by atoms with Gasteiger partial charge in [-0.2, -0.15) is 4.98 Å². The summed E-state index contributed by atoms with van der Waals surface area (Å²) < 4.78 is 30.5. The van der Waals surface area contributed by atoms with Crippen molar-refractivity contribution in [2.75, 3.05) is 46.0 Å². The van der Waals surface area contributed by atoms with Crippen LogP contribution in [0, 0.1) is 12.3 Å². The van der Waals surface area contributed by atoms with Crippen LogP contribution in [0.25, 0.3) is 0 Å². The van der Waals surface area contributed by atoms with Crippen LogP contribution in [0.5, 0.6) is 0 Å². The van der Waals surface area contributed by atoms with Gasteiger partial charge in [0.25, 0.3) is 11.8 Å². The van der Waals surface area contributed by atoms with E-state index in [0.717, 1.165) is 37.3 Å². The van der Waals surface area contributed by atoms with E-state index in [-0.39, 0.29) is 11.9 Å². The molecule has 1 spiro atoms. The zero-order chi connectivity index (χ0) is 25.1. The zero-order valence-corrected chi connectivity index (χ0v) is 21.6. The molecule has 0 radical (unpaired) electrons. The zero-order valence-electron chi connectivity index (χ0n) is 20.7. The van der Waals surface area contributed by atoms with E-state index in [1.807, 2.05) is 12.1 Å². The number of nitrogens with one attached hydrogen (secondary N) is 2. The molecule has 0 unspecified atom stereocenters.